The molecule has 1 saturated heterocycles. The van der Waals surface area contributed by atoms with Crippen molar-refractivity contribution >= 4 is 17.7 Å². The van der Waals surface area contributed by atoms with Gasteiger partial charge in [-0.1, -0.05) is 6.92 Å². The Morgan fingerprint density at radius 3 is 2.89 bits per heavy atom. The third-order valence-electron chi connectivity index (χ3n) is 3.38. The first-order valence-electron chi connectivity index (χ1n) is 6.69. The maximum Gasteiger partial charge on any atom is 0.244 e. The predicted molar refractivity (Wildman–Crippen MR) is 77.1 cm³/mol. The van der Waals surface area contributed by atoms with Crippen molar-refractivity contribution in [3.63, 3.8) is 0 Å². The average molecular weight is 269 g/mol. The van der Waals surface area contributed by atoms with Crippen LogP contribution in [-0.4, -0.2) is 47.6 Å². The Balaban J connectivity index is 1.81. The minimum atomic E-state index is 0.811. The van der Waals surface area contributed by atoms with Gasteiger partial charge in [-0.25, -0.2) is 0 Å². The molecule has 1 fully saturated rings. The van der Waals surface area contributed by atoms with Crippen LogP contribution in [0.2, 0.25) is 0 Å². The van der Waals surface area contributed by atoms with Gasteiger partial charge in [0, 0.05) is 13.1 Å². The Kier molecular flexibility index (Phi) is 5.31. The Morgan fingerprint density at radius 2 is 2.22 bits per heavy atom. The van der Waals surface area contributed by atoms with Gasteiger partial charge in [-0.15, -0.1) is 5.10 Å². The average Bonchev–Trinajstić information content (AvgIpc) is 2.86. The van der Waals surface area contributed by atoms with Gasteiger partial charge in [0.05, 0.1) is 5.75 Å². The van der Waals surface area contributed by atoms with E-state index in [9.17, 15) is 0 Å². The second kappa shape index (κ2) is 6.99. The molecule has 1 aliphatic rings. The summed E-state index contributed by atoms with van der Waals surface area (Å²) in [4.78, 5) is 6.83. The van der Waals surface area contributed by atoms with E-state index in [1.54, 1.807) is 11.8 Å². The number of hydrogen-bond donors (Lipinski definition) is 2. The predicted octanol–water partition coefficient (Wildman–Crippen LogP) is 1.49. The maximum atomic E-state index is 4.53. The van der Waals surface area contributed by atoms with Crippen LogP contribution in [0.5, 0.6) is 0 Å². The van der Waals surface area contributed by atoms with Crippen LogP contribution < -0.4 is 10.2 Å². The Morgan fingerprint density at radius 1 is 1.44 bits per heavy atom. The first-order chi connectivity index (χ1) is 8.83. The highest BCUT2D eigenvalue weighted by Gasteiger charge is 2.21. The molecule has 0 aromatic carbocycles. The van der Waals surface area contributed by atoms with E-state index in [1.807, 2.05) is 0 Å². The molecule has 0 atom stereocenters. The third kappa shape index (κ3) is 3.62. The van der Waals surface area contributed by atoms with Crippen molar-refractivity contribution in [1.29, 1.82) is 0 Å². The first kappa shape index (κ1) is 13.7. The van der Waals surface area contributed by atoms with Gasteiger partial charge in [-0.2, -0.15) is 16.7 Å². The molecule has 0 amide bonds. The van der Waals surface area contributed by atoms with E-state index in [4.69, 9.17) is 0 Å². The number of thioether (sulfide) groups is 1. The summed E-state index contributed by atoms with van der Waals surface area (Å²) in [5.74, 6) is 3.57. The van der Waals surface area contributed by atoms with Crippen molar-refractivity contribution in [3.05, 3.63) is 5.82 Å². The monoisotopic (exact) mass is 269 g/mol. The molecular weight excluding hydrogens is 246 g/mol. The highest BCUT2D eigenvalue weighted by molar-refractivity contribution is 7.97. The number of H-pyrrole nitrogens is 1. The number of hydrogen-bond acceptors (Lipinski definition) is 5. The van der Waals surface area contributed by atoms with Crippen molar-refractivity contribution in [2.24, 2.45) is 5.92 Å². The molecule has 2 N–H and O–H groups in total. The molecule has 102 valence electrons. The van der Waals surface area contributed by atoms with E-state index < -0.39 is 0 Å². The molecule has 0 bridgehead atoms. The van der Waals surface area contributed by atoms with Crippen LogP contribution in [0.25, 0.3) is 0 Å². The zero-order chi connectivity index (χ0) is 12.8. The molecule has 0 spiro atoms. The van der Waals surface area contributed by atoms with Crippen molar-refractivity contribution < 1.29 is 0 Å². The van der Waals surface area contributed by atoms with E-state index in [0.717, 1.165) is 49.6 Å². The normalized spacial score (nSPS) is 17.3. The lowest BCUT2D eigenvalue weighted by Crippen LogP contribution is -2.37. The summed E-state index contributed by atoms with van der Waals surface area (Å²) in [6, 6.07) is 0. The smallest absolute Gasteiger partial charge is 0.244 e. The summed E-state index contributed by atoms with van der Waals surface area (Å²) in [7, 11) is 0. The summed E-state index contributed by atoms with van der Waals surface area (Å²) in [5, 5.41) is 10.8. The summed E-state index contributed by atoms with van der Waals surface area (Å²) in [6.07, 6.45) is 4.55. The van der Waals surface area contributed by atoms with Gasteiger partial charge in [0.25, 0.3) is 0 Å². The Labute approximate surface area is 113 Å². The molecule has 2 heterocycles. The van der Waals surface area contributed by atoms with Crippen molar-refractivity contribution in [2.75, 3.05) is 37.3 Å². The van der Waals surface area contributed by atoms with Gasteiger partial charge in [0.1, 0.15) is 5.82 Å². The van der Waals surface area contributed by atoms with E-state index >= 15 is 0 Å². The van der Waals surface area contributed by atoms with E-state index in [2.05, 4.69) is 38.6 Å². The number of anilines is 1. The highest BCUT2D eigenvalue weighted by atomic mass is 32.2. The summed E-state index contributed by atoms with van der Waals surface area (Å²) in [5.41, 5.74) is 0. The zero-order valence-electron chi connectivity index (χ0n) is 11.3. The van der Waals surface area contributed by atoms with Gasteiger partial charge in [-0.05, 0) is 38.1 Å². The van der Waals surface area contributed by atoms with Gasteiger partial charge in [0.15, 0.2) is 0 Å². The van der Waals surface area contributed by atoms with Crippen LogP contribution in [-0.2, 0) is 5.75 Å². The summed E-state index contributed by atoms with van der Waals surface area (Å²) in [6.45, 7) is 6.53. The van der Waals surface area contributed by atoms with Crippen LogP contribution >= 0.6 is 11.8 Å². The third-order valence-corrected chi connectivity index (χ3v) is 3.94. The number of nitrogens with zero attached hydrogens (tertiary/aromatic N) is 3. The van der Waals surface area contributed by atoms with Gasteiger partial charge in [0.2, 0.25) is 5.95 Å². The maximum absolute atomic E-state index is 4.53. The first-order valence-corrected chi connectivity index (χ1v) is 8.08. The molecule has 1 aliphatic heterocycles. The molecule has 5 nitrogen and oxygen atoms in total. The summed E-state index contributed by atoms with van der Waals surface area (Å²) >= 11 is 1.76. The van der Waals surface area contributed by atoms with Gasteiger partial charge < -0.3 is 10.2 Å². The second-order valence-corrected chi connectivity index (χ2v) is 5.62. The highest BCUT2D eigenvalue weighted by Crippen LogP contribution is 2.20. The van der Waals surface area contributed by atoms with Crippen LogP contribution in [0, 0.1) is 5.92 Å². The number of nitrogens with one attached hydrogen (secondary N) is 2. The molecule has 0 aliphatic carbocycles. The Hall–Kier alpha value is -0.750. The van der Waals surface area contributed by atoms with E-state index in [0.29, 0.717) is 0 Å². The number of piperidine rings is 1. The minimum absolute atomic E-state index is 0.811. The van der Waals surface area contributed by atoms with Crippen LogP contribution in [0.15, 0.2) is 0 Å². The minimum Gasteiger partial charge on any atom is -0.340 e. The summed E-state index contributed by atoms with van der Waals surface area (Å²) < 4.78 is 0. The standard InChI is InChI=1S/C12H23N5S/c1-3-13-8-10-4-6-17(7-5-10)12-14-11(9-18-2)15-16-12/h10,13H,3-9H2,1-2H3,(H,14,15,16). The van der Waals surface area contributed by atoms with Crippen LogP contribution in [0.1, 0.15) is 25.6 Å². The molecule has 0 radical (unpaired) electrons. The molecule has 2 rings (SSSR count). The lowest BCUT2D eigenvalue weighted by atomic mass is 9.97. The lowest BCUT2D eigenvalue weighted by Gasteiger charge is -2.31. The van der Waals surface area contributed by atoms with Crippen LogP contribution in [0.4, 0.5) is 5.95 Å². The number of aromatic amines is 1. The van der Waals surface area contributed by atoms with Crippen molar-refractivity contribution in [2.45, 2.75) is 25.5 Å². The zero-order valence-corrected chi connectivity index (χ0v) is 12.1. The SMILES string of the molecule is CCNCC1CCN(c2n[nH]c(CSC)n2)CC1. The number of rotatable bonds is 6. The largest absolute Gasteiger partial charge is 0.340 e. The van der Waals surface area contributed by atoms with E-state index in [1.165, 1.54) is 12.8 Å². The Bertz CT molecular complexity index is 346. The molecular formula is C12H23N5S. The molecule has 0 saturated carbocycles. The van der Waals surface area contributed by atoms with Gasteiger partial charge >= 0.3 is 0 Å². The molecule has 18 heavy (non-hydrogen) atoms. The molecule has 1 aromatic rings. The fraction of sp³-hybridized carbons (Fsp3) is 0.833. The fourth-order valence-corrected chi connectivity index (χ4v) is 2.72. The van der Waals surface area contributed by atoms with Crippen molar-refractivity contribution in [3.8, 4) is 0 Å². The second-order valence-electron chi connectivity index (χ2n) is 4.75. The fourth-order valence-electron chi connectivity index (χ4n) is 2.31. The van der Waals surface area contributed by atoms with Crippen LogP contribution in [0.3, 0.4) is 0 Å². The lowest BCUT2D eigenvalue weighted by molar-refractivity contribution is 0.384. The van der Waals surface area contributed by atoms with Gasteiger partial charge in [-0.3, -0.25) is 5.10 Å². The molecule has 0 unspecified atom stereocenters. The molecule has 1 aromatic heterocycles. The van der Waals surface area contributed by atoms with E-state index in [-0.39, 0.29) is 0 Å². The topological polar surface area (TPSA) is 56.8 Å². The van der Waals surface area contributed by atoms with Crippen molar-refractivity contribution in [1.82, 2.24) is 20.5 Å². The number of aromatic nitrogens is 3. The quantitative estimate of drug-likeness (QED) is 0.819. The molecule has 6 heteroatoms.